The molecule has 1 aliphatic heterocycles. The van der Waals surface area contributed by atoms with Gasteiger partial charge in [-0.25, -0.2) is 4.79 Å². The molecule has 0 unspecified atom stereocenters. The molecule has 0 aliphatic carbocycles. The summed E-state index contributed by atoms with van der Waals surface area (Å²) >= 11 is 0. The van der Waals surface area contributed by atoms with Crippen LogP contribution in [0.2, 0.25) is 0 Å². The van der Waals surface area contributed by atoms with Gasteiger partial charge in [0.25, 0.3) is 0 Å². The van der Waals surface area contributed by atoms with E-state index < -0.39 is 0 Å². The van der Waals surface area contributed by atoms with Gasteiger partial charge in [-0.15, -0.1) is 0 Å². The number of aromatic amines is 1. The average molecular weight is 229 g/mol. The Morgan fingerprint density at radius 3 is 3.06 bits per heavy atom. The first kappa shape index (κ1) is 9.96. The van der Waals surface area contributed by atoms with Crippen molar-refractivity contribution >= 4 is 5.97 Å². The minimum Gasteiger partial charge on any atom is -0.488 e. The van der Waals surface area contributed by atoms with Crippen LogP contribution in [0.15, 0.2) is 30.5 Å². The molecule has 0 saturated heterocycles. The average Bonchev–Trinajstić information content (AvgIpc) is 2.82. The molecule has 1 N–H and O–H groups in total. The molecule has 0 fully saturated rings. The van der Waals surface area contributed by atoms with Crippen LogP contribution in [-0.2, 0) is 11.3 Å². The summed E-state index contributed by atoms with van der Waals surface area (Å²) in [7, 11) is 1.37. The summed E-state index contributed by atoms with van der Waals surface area (Å²) < 4.78 is 10.3. The Hall–Kier alpha value is -2.23. The second-order valence-corrected chi connectivity index (χ2v) is 3.83. The lowest BCUT2D eigenvalue weighted by Gasteiger charge is -2.18. The Labute approximate surface area is 98.2 Å². The van der Waals surface area contributed by atoms with Crippen molar-refractivity contribution in [1.82, 2.24) is 4.98 Å². The normalized spacial score (nSPS) is 12.3. The van der Waals surface area contributed by atoms with Crippen molar-refractivity contribution in [3.63, 3.8) is 0 Å². The second-order valence-electron chi connectivity index (χ2n) is 3.83. The van der Waals surface area contributed by atoms with Gasteiger partial charge in [-0.05, 0) is 12.1 Å². The molecule has 2 heterocycles. The number of aromatic nitrogens is 1. The topological polar surface area (TPSA) is 51.3 Å². The van der Waals surface area contributed by atoms with E-state index in [1.54, 1.807) is 6.20 Å². The molecule has 0 atom stereocenters. The van der Waals surface area contributed by atoms with E-state index in [2.05, 4.69) is 4.98 Å². The Morgan fingerprint density at radius 1 is 1.41 bits per heavy atom. The molecule has 0 amide bonds. The van der Waals surface area contributed by atoms with Gasteiger partial charge in [0.05, 0.1) is 18.4 Å². The van der Waals surface area contributed by atoms with Gasteiger partial charge < -0.3 is 14.5 Å². The third-order valence-electron chi connectivity index (χ3n) is 2.92. The minimum atomic E-state index is -0.342. The molecule has 0 spiro atoms. The zero-order valence-electron chi connectivity index (χ0n) is 9.32. The Bertz CT molecular complexity index is 586. The summed E-state index contributed by atoms with van der Waals surface area (Å²) in [5, 5.41) is 0. The molecule has 4 heteroatoms. The van der Waals surface area contributed by atoms with Crippen LogP contribution in [0.25, 0.3) is 11.3 Å². The van der Waals surface area contributed by atoms with Crippen molar-refractivity contribution in [2.75, 3.05) is 7.11 Å². The van der Waals surface area contributed by atoms with E-state index in [-0.39, 0.29) is 5.97 Å². The Morgan fingerprint density at radius 2 is 2.24 bits per heavy atom. The number of H-pyrrole nitrogens is 1. The maximum Gasteiger partial charge on any atom is 0.339 e. The zero-order valence-corrected chi connectivity index (χ0v) is 9.32. The molecule has 1 aliphatic rings. The predicted octanol–water partition coefficient (Wildman–Crippen LogP) is 2.36. The number of methoxy groups -OCH3 is 1. The van der Waals surface area contributed by atoms with E-state index in [1.165, 1.54) is 7.11 Å². The first-order valence-electron chi connectivity index (χ1n) is 5.32. The largest absolute Gasteiger partial charge is 0.488 e. The summed E-state index contributed by atoms with van der Waals surface area (Å²) in [6.07, 6.45) is 1.67. The zero-order chi connectivity index (χ0) is 11.8. The number of carbonyl (C=O) groups excluding carboxylic acids is 1. The highest BCUT2D eigenvalue weighted by molar-refractivity contribution is 5.94. The molecule has 3 rings (SSSR count). The third-order valence-corrected chi connectivity index (χ3v) is 2.92. The molecule has 2 aromatic rings. The van der Waals surface area contributed by atoms with Crippen LogP contribution in [-0.4, -0.2) is 18.1 Å². The molecular formula is C13H11NO3. The van der Waals surface area contributed by atoms with Crippen LogP contribution in [0.5, 0.6) is 5.75 Å². The lowest BCUT2D eigenvalue weighted by molar-refractivity contribution is 0.0598. The van der Waals surface area contributed by atoms with Crippen LogP contribution in [0.1, 0.15) is 15.9 Å². The highest BCUT2D eigenvalue weighted by Gasteiger charge is 2.24. The predicted molar refractivity (Wildman–Crippen MR) is 61.9 cm³/mol. The molecule has 0 saturated carbocycles. The molecule has 0 radical (unpaired) electrons. The van der Waals surface area contributed by atoms with Crippen LogP contribution in [0.4, 0.5) is 0 Å². The monoisotopic (exact) mass is 229 g/mol. The fraction of sp³-hybridized carbons (Fsp3) is 0.154. The number of fused-ring (bicyclic) bond motifs is 3. The van der Waals surface area contributed by atoms with E-state index in [1.807, 2.05) is 24.3 Å². The minimum absolute atomic E-state index is 0.342. The van der Waals surface area contributed by atoms with Gasteiger partial charge in [0.1, 0.15) is 12.4 Å². The second kappa shape index (κ2) is 3.66. The van der Waals surface area contributed by atoms with E-state index >= 15 is 0 Å². The highest BCUT2D eigenvalue weighted by atomic mass is 16.5. The number of rotatable bonds is 1. The number of hydrogen-bond acceptors (Lipinski definition) is 3. The van der Waals surface area contributed by atoms with Gasteiger partial charge in [-0.2, -0.15) is 0 Å². The highest BCUT2D eigenvalue weighted by Crippen LogP contribution is 2.37. The smallest absolute Gasteiger partial charge is 0.339 e. The molecular weight excluding hydrogens is 218 g/mol. The van der Waals surface area contributed by atoms with Gasteiger partial charge in [-0.3, -0.25) is 0 Å². The molecule has 1 aromatic carbocycles. The summed E-state index contributed by atoms with van der Waals surface area (Å²) in [5.41, 5.74) is 3.31. The van der Waals surface area contributed by atoms with Crippen molar-refractivity contribution in [2.24, 2.45) is 0 Å². The maximum atomic E-state index is 11.6. The SMILES string of the molecule is COC(=O)c1c[nH]c2c1COc1ccccc1-2. The van der Waals surface area contributed by atoms with Crippen molar-refractivity contribution in [1.29, 1.82) is 0 Å². The van der Waals surface area contributed by atoms with E-state index in [0.29, 0.717) is 12.2 Å². The first-order valence-corrected chi connectivity index (χ1v) is 5.32. The number of hydrogen-bond donors (Lipinski definition) is 1. The third kappa shape index (κ3) is 1.41. The lowest BCUT2D eigenvalue weighted by Crippen LogP contribution is -2.09. The number of para-hydroxylation sites is 1. The van der Waals surface area contributed by atoms with Gasteiger partial charge in [0.15, 0.2) is 0 Å². The van der Waals surface area contributed by atoms with Crippen LogP contribution in [0.3, 0.4) is 0 Å². The molecule has 1 aromatic heterocycles. The summed E-state index contributed by atoms with van der Waals surface area (Å²) in [4.78, 5) is 14.7. The molecule has 0 bridgehead atoms. The summed E-state index contributed by atoms with van der Waals surface area (Å²) in [6.45, 7) is 0.389. The van der Waals surface area contributed by atoms with Gasteiger partial charge in [0.2, 0.25) is 0 Å². The maximum absolute atomic E-state index is 11.6. The quantitative estimate of drug-likeness (QED) is 0.764. The standard InChI is InChI=1S/C13H11NO3/c1-16-13(15)9-6-14-12-8-4-2-3-5-11(8)17-7-10(9)12/h2-6,14H,7H2,1H3. The van der Waals surface area contributed by atoms with Crippen molar-refractivity contribution < 1.29 is 14.3 Å². The van der Waals surface area contributed by atoms with Crippen molar-refractivity contribution in [2.45, 2.75) is 6.61 Å². The van der Waals surface area contributed by atoms with Gasteiger partial charge in [0, 0.05) is 17.3 Å². The van der Waals surface area contributed by atoms with E-state index in [9.17, 15) is 4.79 Å². The summed E-state index contributed by atoms with van der Waals surface area (Å²) in [6, 6.07) is 7.74. The Kier molecular flexibility index (Phi) is 2.14. The van der Waals surface area contributed by atoms with E-state index in [4.69, 9.17) is 9.47 Å². The van der Waals surface area contributed by atoms with Gasteiger partial charge >= 0.3 is 5.97 Å². The first-order chi connectivity index (χ1) is 8.31. The molecule has 86 valence electrons. The number of nitrogens with one attached hydrogen (secondary N) is 1. The molecule has 4 nitrogen and oxygen atoms in total. The fourth-order valence-electron chi connectivity index (χ4n) is 2.08. The van der Waals surface area contributed by atoms with Gasteiger partial charge in [-0.1, -0.05) is 12.1 Å². The fourth-order valence-corrected chi connectivity index (χ4v) is 2.08. The lowest BCUT2D eigenvalue weighted by atomic mass is 10.0. The van der Waals surface area contributed by atoms with E-state index in [0.717, 1.165) is 22.6 Å². The van der Waals surface area contributed by atoms with Crippen molar-refractivity contribution in [3.8, 4) is 17.0 Å². The number of ether oxygens (including phenoxy) is 2. The van der Waals surface area contributed by atoms with Crippen LogP contribution in [0, 0.1) is 0 Å². The number of benzene rings is 1. The van der Waals surface area contributed by atoms with Crippen LogP contribution < -0.4 is 4.74 Å². The van der Waals surface area contributed by atoms with Crippen molar-refractivity contribution in [3.05, 3.63) is 41.6 Å². The Balaban J connectivity index is 2.16. The summed E-state index contributed by atoms with van der Waals surface area (Å²) in [5.74, 6) is 0.490. The molecule has 17 heavy (non-hydrogen) atoms. The number of carbonyl (C=O) groups is 1. The van der Waals surface area contributed by atoms with Crippen LogP contribution >= 0.6 is 0 Å². The number of esters is 1.